The van der Waals surface area contributed by atoms with Gasteiger partial charge in [0.05, 0.1) is 32.1 Å². The summed E-state index contributed by atoms with van der Waals surface area (Å²) >= 11 is 1.66. The van der Waals surface area contributed by atoms with Gasteiger partial charge in [0.1, 0.15) is 6.61 Å². The molecule has 0 heterocycles. The van der Waals surface area contributed by atoms with Gasteiger partial charge in [-0.25, -0.2) is 4.79 Å². The summed E-state index contributed by atoms with van der Waals surface area (Å²) in [4.78, 5) is 15.8. The van der Waals surface area contributed by atoms with Crippen LogP contribution in [-0.2, 0) is 19.0 Å². The van der Waals surface area contributed by atoms with Crippen LogP contribution < -0.4 is 5.32 Å². The van der Waals surface area contributed by atoms with E-state index in [2.05, 4.69) is 30.2 Å². The third-order valence-electron chi connectivity index (χ3n) is 2.75. The zero-order valence-electron chi connectivity index (χ0n) is 14.9. The second-order valence-electron chi connectivity index (χ2n) is 4.58. The van der Waals surface area contributed by atoms with Crippen LogP contribution in [0.3, 0.4) is 0 Å². The molecule has 0 aliphatic rings. The van der Waals surface area contributed by atoms with E-state index in [1.807, 2.05) is 19.1 Å². The molecule has 0 saturated carbocycles. The third-order valence-corrected chi connectivity index (χ3v) is 3.74. The Bertz CT molecular complexity index is 476. The van der Waals surface area contributed by atoms with Gasteiger partial charge in [0.15, 0.2) is 0 Å². The number of carbonyl (C=O) groups excluding carboxylic acids is 1. The SMILES string of the molecule is C=C/C=C\C(N=C)=C(/C)SCNCCOCCOCCOC(=O)C=C. The number of hydrogen-bond acceptors (Lipinski definition) is 7. The van der Waals surface area contributed by atoms with Crippen LogP contribution in [0.25, 0.3) is 0 Å². The summed E-state index contributed by atoms with van der Waals surface area (Å²) in [5.74, 6) is 0.322. The number of esters is 1. The Morgan fingerprint density at radius 2 is 1.84 bits per heavy atom. The van der Waals surface area contributed by atoms with Gasteiger partial charge in [0.2, 0.25) is 0 Å². The molecule has 6 nitrogen and oxygen atoms in total. The zero-order valence-corrected chi connectivity index (χ0v) is 15.7. The molecule has 140 valence electrons. The Morgan fingerprint density at radius 1 is 1.16 bits per heavy atom. The van der Waals surface area contributed by atoms with Crippen molar-refractivity contribution < 1.29 is 19.0 Å². The van der Waals surface area contributed by atoms with Crippen LogP contribution in [0.1, 0.15) is 6.92 Å². The van der Waals surface area contributed by atoms with Crippen molar-refractivity contribution in [3.05, 3.63) is 48.1 Å². The predicted molar refractivity (Wildman–Crippen MR) is 105 cm³/mol. The lowest BCUT2D eigenvalue weighted by Gasteiger charge is -2.08. The molecular formula is C18H28N2O4S. The standard InChI is InChI=1S/C18H28N2O4S/c1-5-7-8-17(19-4)16(3)25-15-20-9-10-22-11-12-23-13-14-24-18(21)6-2/h5-8,20H,1-2,4,9-15H2,3H3/b8-7-,17-16-. The van der Waals surface area contributed by atoms with Gasteiger partial charge in [-0.3, -0.25) is 4.99 Å². The Morgan fingerprint density at radius 3 is 2.48 bits per heavy atom. The molecule has 0 aromatic rings. The number of hydrogen-bond donors (Lipinski definition) is 1. The summed E-state index contributed by atoms with van der Waals surface area (Å²) in [5, 5.41) is 3.27. The highest BCUT2D eigenvalue weighted by molar-refractivity contribution is 8.03. The highest BCUT2D eigenvalue weighted by Crippen LogP contribution is 2.19. The second kappa shape index (κ2) is 17.2. The normalized spacial score (nSPS) is 11.9. The van der Waals surface area contributed by atoms with Crippen LogP contribution in [-0.4, -0.2) is 58.1 Å². The van der Waals surface area contributed by atoms with Crippen LogP contribution in [0.5, 0.6) is 0 Å². The largest absolute Gasteiger partial charge is 0.460 e. The van der Waals surface area contributed by atoms with Gasteiger partial charge in [-0.1, -0.05) is 25.3 Å². The fourth-order valence-corrected chi connectivity index (χ4v) is 2.22. The minimum Gasteiger partial charge on any atom is -0.460 e. The predicted octanol–water partition coefficient (Wildman–Crippen LogP) is 2.70. The van der Waals surface area contributed by atoms with E-state index in [1.165, 1.54) is 0 Å². The zero-order chi connectivity index (χ0) is 18.8. The van der Waals surface area contributed by atoms with Gasteiger partial charge < -0.3 is 19.5 Å². The molecule has 0 saturated heterocycles. The first-order valence-corrected chi connectivity index (χ1v) is 8.89. The molecule has 0 atom stereocenters. The van der Waals surface area contributed by atoms with E-state index in [0.29, 0.717) is 26.4 Å². The van der Waals surface area contributed by atoms with Crippen molar-refractivity contribution in [3.8, 4) is 0 Å². The summed E-state index contributed by atoms with van der Waals surface area (Å²) < 4.78 is 15.5. The molecule has 0 aliphatic carbocycles. The molecule has 0 unspecified atom stereocenters. The second-order valence-corrected chi connectivity index (χ2v) is 5.77. The van der Waals surface area contributed by atoms with Crippen molar-refractivity contribution in [1.82, 2.24) is 5.32 Å². The average molecular weight is 368 g/mol. The number of carbonyl (C=O) groups is 1. The van der Waals surface area contributed by atoms with Crippen LogP contribution in [0.15, 0.2) is 53.1 Å². The number of aliphatic imine (C=N–C) groups is 1. The van der Waals surface area contributed by atoms with E-state index in [0.717, 1.165) is 29.1 Å². The van der Waals surface area contributed by atoms with E-state index >= 15 is 0 Å². The summed E-state index contributed by atoms with van der Waals surface area (Å²) in [6.07, 6.45) is 6.54. The molecule has 0 aromatic heterocycles. The van der Waals surface area contributed by atoms with Gasteiger partial charge in [-0.15, -0.1) is 11.8 Å². The lowest BCUT2D eigenvalue weighted by molar-refractivity contribution is -0.139. The van der Waals surface area contributed by atoms with E-state index in [4.69, 9.17) is 14.2 Å². The van der Waals surface area contributed by atoms with Gasteiger partial charge in [-0.2, -0.15) is 0 Å². The summed E-state index contributed by atoms with van der Waals surface area (Å²) in [7, 11) is 0. The molecule has 0 bridgehead atoms. The van der Waals surface area contributed by atoms with E-state index in [9.17, 15) is 4.79 Å². The maximum absolute atomic E-state index is 10.8. The fraction of sp³-hybridized carbons (Fsp3) is 0.444. The fourth-order valence-electron chi connectivity index (χ4n) is 1.47. The van der Waals surface area contributed by atoms with Crippen LogP contribution in [0.4, 0.5) is 0 Å². The number of nitrogens with zero attached hydrogens (tertiary/aromatic N) is 1. The maximum atomic E-state index is 10.8. The molecule has 1 N–H and O–H groups in total. The Hall–Kier alpha value is -1.67. The molecule has 0 radical (unpaired) electrons. The van der Waals surface area contributed by atoms with Gasteiger partial charge >= 0.3 is 5.97 Å². The molecule has 0 aliphatic heterocycles. The van der Waals surface area contributed by atoms with Gasteiger partial charge in [-0.05, 0) is 19.7 Å². The van der Waals surface area contributed by atoms with E-state index in [1.54, 1.807) is 17.8 Å². The molecule has 25 heavy (non-hydrogen) atoms. The molecule has 0 amide bonds. The Labute approximate surface area is 154 Å². The van der Waals surface area contributed by atoms with E-state index in [-0.39, 0.29) is 6.61 Å². The van der Waals surface area contributed by atoms with Crippen molar-refractivity contribution in [1.29, 1.82) is 0 Å². The first-order chi connectivity index (χ1) is 12.2. The minimum atomic E-state index is -0.443. The van der Waals surface area contributed by atoms with E-state index < -0.39 is 5.97 Å². The van der Waals surface area contributed by atoms with Crippen molar-refractivity contribution in [3.63, 3.8) is 0 Å². The molecular weight excluding hydrogens is 340 g/mol. The number of nitrogens with one attached hydrogen (secondary N) is 1. The number of rotatable bonds is 16. The third kappa shape index (κ3) is 14.4. The molecule has 0 spiro atoms. The topological polar surface area (TPSA) is 69.2 Å². The number of allylic oxidation sites excluding steroid dienone is 4. The molecule has 7 heteroatoms. The highest BCUT2D eigenvalue weighted by Gasteiger charge is 1.98. The quantitative estimate of drug-likeness (QED) is 0.113. The minimum absolute atomic E-state index is 0.222. The summed E-state index contributed by atoms with van der Waals surface area (Å²) in [6.45, 7) is 15.4. The van der Waals surface area contributed by atoms with Crippen LogP contribution >= 0.6 is 11.8 Å². The number of thioether (sulfide) groups is 1. The van der Waals surface area contributed by atoms with Crippen molar-refractivity contribution in [2.75, 3.05) is 45.5 Å². The van der Waals surface area contributed by atoms with Crippen molar-refractivity contribution in [2.24, 2.45) is 4.99 Å². The van der Waals surface area contributed by atoms with Crippen molar-refractivity contribution in [2.45, 2.75) is 6.92 Å². The summed E-state index contributed by atoms with van der Waals surface area (Å²) in [6, 6.07) is 0. The van der Waals surface area contributed by atoms with Gasteiger partial charge in [0.25, 0.3) is 0 Å². The smallest absolute Gasteiger partial charge is 0.330 e. The number of ether oxygens (including phenoxy) is 3. The lowest BCUT2D eigenvalue weighted by Crippen LogP contribution is -2.20. The first-order valence-electron chi connectivity index (χ1n) is 7.90. The van der Waals surface area contributed by atoms with Crippen molar-refractivity contribution >= 4 is 24.4 Å². The monoisotopic (exact) mass is 368 g/mol. The molecule has 0 fully saturated rings. The Kier molecular flexibility index (Phi) is 16.0. The first kappa shape index (κ1) is 23.3. The average Bonchev–Trinajstić information content (AvgIpc) is 2.62. The molecule has 0 aromatic carbocycles. The van der Waals surface area contributed by atoms with Crippen LogP contribution in [0.2, 0.25) is 0 Å². The van der Waals surface area contributed by atoms with Gasteiger partial charge in [0, 0.05) is 23.4 Å². The lowest BCUT2D eigenvalue weighted by atomic mass is 10.3. The highest BCUT2D eigenvalue weighted by atomic mass is 32.2. The Balaban J connectivity index is 3.52. The molecule has 0 rings (SSSR count). The van der Waals surface area contributed by atoms with Crippen LogP contribution in [0, 0.1) is 0 Å². The maximum Gasteiger partial charge on any atom is 0.330 e. The summed E-state index contributed by atoms with van der Waals surface area (Å²) in [5.41, 5.74) is 0.846.